The highest BCUT2D eigenvalue weighted by atomic mass is 16.5. The fraction of sp³-hybridized carbons (Fsp3) is 0.409. The minimum atomic E-state index is -0.255. The maximum Gasteiger partial charge on any atom is 0.251 e. The molecule has 0 saturated carbocycles. The van der Waals surface area contributed by atoms with Gasteiger partial charge in [-0.25, -0.2) is 9.67 Å². The fourth-order valence-electron chi connectivity index (χ4n) is 7.80. The highest BCUT2D eigenvalue weighted by Crippen LogP contribution is 2.31. The van der Waals surface area contributed by atoms with E-state index in [0.29, 0.717) is 49.9 Å². The molecule has 0 radical (unpaired) electrons. The van der Waals surface area contributed by atoms with E-state index < -0.39 is 0 Å². The average Bonchev–Trinajstić information content (AvgIpc) is 3.63. The van der Waals surface area contributed by atoms with Crippen molar-refractivity contribution in [3.05, 3.63) is 112 Å². The number of benzene rings is 3. The lowest BCUT2D eigenvalue weighted by atomic mass is 9.96. The molecule has 0 bridgehead atoms. The summed E-state index contributed by atoms with van der Waals surface area (Å²) in [4.78, 5) is 34.6. The summed E-state index contributed by atoms with van der Waals surface area (Å²) >= 11 is 0. The van der Waals surface area contributed by atoms with Crippen molar-refractivity contribution in [1.82, 2.24) is 35.6 Å². The summed E-state index contributed by atoms with van der Waals surface area (Å²) in [5.41, 5.74) is 10.4. The number of carbonyl (C=O) groups is 2. The Morgan fingerprint density at radius 2 is 1.69 bits per heavy atom. The molecule has 55 heavy (non-hydrogen) atoms. The summed E-state index contributed by atoms with van der Waals surface area (Å²) in [5.74, 6) is -0.488. The lowest BCUT2D eigenvalue weighted by Gasteiger charge is -2.31. The van der Waals surface area contributed by atoms with E-state index >= 15 is 0 Å². The van der Waals surface area contributed by atoms with E-state index in [-0.39, 0.29) is 24.4 Å². The van der Waals surface area contributed by atoms with E-state index in [1.807, 2.05) is 10.9 Å². The second-order valence-corrected chi connectivity index (χ2v) is 14.9. The number of hydrogen-bond acceptors (Lipinski definition) is 8. The van der Waals surface area contributed by atoms with E-state index in [9.17, 15) is 9.59 Å². The number of pyridine rings is 1. The van der Waals surface area contributed by atoms with E-state index in [0.717, 1.165) is 78.1 Å². The van der Waals surface area contributed by atoms with Crippen molar-refractivity contribution in [2.75, 3.05) is 38.2 Å². The van der Waals surface area contributed by atoms with Gasteiger partial charge in [-0.2, -0.15) is 5.10 Å². The van der Waals surface area contributed by atoms with E-state index in [1.165, 1.54) is 16.7 Å². The van der Waals surface area contributed by atoms with Crippen LogP contribution in [0.25, 0.3) is 22.2 Å². The summed E-state index contributed by atoms with van der Waals surface area (Å²) in [6, 6.07) is 22.8. The Kier molecular flexibility index (Phi) is 12.2. The van der Waals surface area contributed by atoms with Gasteiger partial charge in [-0.15, -0.1) is 0 Å². The molecule has 5 aromatic rings. The highest BCUT2D eigenvalue weighted by molar-refractivity contribution is 6.00. The predicted molar refractivity (Wildman–Crippen MR) is 218 cm³/mol. The van der Waals surface area contributed by atoms with Crippen LogP contribution < -0.4 is 21.3 Å². The molecule has 2 aromatic heterocycles. The van der Waals surface area contributed by atoms with Gasteiger partial charge in [0.15, 0.2) is 5.65 Å². The van der Waals surface area contributed by atoms with Gasteiger partial charge >= 0.3 is 0 Å². The summed E-state index contributed by atoms with van der Waals surface area (Å²) in [6.07, 6.45) is 4.39. The van der Waals surface area contributed by atoms with Crippen LogP contribution in [0.3, 0.4) is 0 Å². The smallest absolute Gasteiger partial charge is 0.251 e. The Labute approximate surface area is 324 Å². The third kappa shape index (κ3) is 9.07. The first kappa shape index (κ1) is 38.2. The standard InChI is InChI=1S/C44H54N8O3/c1-5-40-38(41(49-36-15-19-55-20-16-36)39-26-48-52(6-2)42(39)50-40)25-47-44(54)35-12-8-11-34(23-35)43(53)46-24-31-14-13-29(3)37(22-31)33-10-7-9-32(21-33)28-51-18-17-45-30(4)27-51/h7-14,21-23,26,30,36,45H,5-6,15-20,24-25,27-28H2,1-4H3,(H,46,53)(H,47,54)(H,49,50)/t30-/m0/s1. The van der Waals surface area contributed by atoms with Gasteiger partial charge in [0.2, 0.25) is 0 Å². The predicted octanol–water partition coefficient (Wildman–Crippen LogP) is 6.23. The number of aromatic nitrogens is 3. The maximum atomic E-state index is 13.6. The number of nitrogens with zero attached hydrogens (tertiary/aromatic N) is 4. The second-order valence-electron chi connectivity index (χ2n) is 14.9. The molecule has 0 aliphatic carbocycles. The van der Waals surface area contributed by atoms with Crippen molar-refractivity contribution in [3.63, 3.8) is 0 Å². The average molecular weight is 743 g/mol. The van der Waals surface area contributed by atoms with Crippen LogP contribution in [0.1, 0.15) is 82.3 Å². The number of hydrogen-bond donors (Lipinski definition) is 4. The van der Waals surface area contributed by atoms with Gasteiger partial charge in [-0.05, 0) is 98.2 Å². The van der Waals surface area contributed by atoms with Gasteiger partial charge < -0.3 is 26.0 Å². The lowest BCUT2D eigenvalue weighted by molar-refractivity contribution is 0.0904. The van der Waals surface area contributed by atoms with Crippen LogP contribution >= 0.6 is 0 Å². The molecule has 0 unspecified atom stereocenters. The number of rotatable bonds is 13. The molecule has 7 rings (SSSR count). The van der Waals surface area contributed by atoms with E-state index in [2.05, 4.69) is 101 Å². The van der Waals surface area contributed by atoms with Gasteiger partial charge in [0.05, 0.1) is 17.3 Å². The number of anilines is 1. The molecule has 11 nitrogen and oxygen atoms in total. The number of carbonyl (C=O) groups excluding carboxylic acids is 2. The van der Waals surface area contributed by atoms with Crippen molar-refractivity contribution in [2.45, 2.75) is 85.2 Å². The number of fused-ring (bicyclic) bond motifs is 1. The molecule has 4 N–H and O–H groups in total. The zero-order valence-electron chi connectivity index (χ0n) is 32.6. The van der Waals surface area contributed by atoms with Crippen molar-refractivity contribution < 1.29 is 14.3 Å². The first-order chi connectivity index (χ1) is 26.8. The quantitative estimate of drug-likeness (QED) is 0.112. The third-order valence-electron chi connectivity index (χ3n) is 10.8. The van der Waals surface area contributed by atoms with Crippen LogP contribution in [0.5, 0.6) is 0 Å². The van der Waals surface area contributed by atoms with Crippen molar-refractivity contribution in [1.29, 1.82) is 0 Å². The zero-order valence-corrected chi connectivity index (χ0v) is 32.6. The number of amides is 2. The van der Waals surface area contributed by atoms with Gasteiger partial charge in [0, 0.05) is 93.5 Å². The molecule has 11 heteroatoms. The van der Waals surface area contributed by atoms with E-state index in [4.69, 9.17) is 9.72 Å². The highest BCUT2D eigenvalue weighted by Gasteiger charge is 2.23. The van der Waals surface area contributed by atoms with Crippen molar-refractivity contribution >= 4 is 28.5 Å². The first-order valence-electron chi connectivity index (χ1n) is 19.8. The third-order valence-corrected chi connectivity index (χ3v) is 10.8. The molecular weight excluding hydrogens is 689 g/mol. The van der Waals surface area contributed by atoms with Crippen molar-refractivity contribution in [2.24, 2.45) is 0 Å². The van der Waals surface area contributed by atoms with Crippen LogP contribution in [0.2, 0.25) is 0 Å². The minimum absolute atomic E-state index is 0.233. The Morgan fingerprint density at radius 1 is 0.927 bits per heavy atom. The minimum Gasteiger partial charge on any atom is -0.381 e. The Morgan fingerprint density at radius 3 is 2.44 bits per heavy atom. The van der Waals surface area contributed by atoms with Crippen LogP contribution in [0, 0.1) is 6.92 Å². The summed E-state index contributed by atoms with van der Waals surface area (Å²) in [6.45, 7) is 15.3. The van der Waals surface area contributed by atoms with Crippen LogP contribution in [0.15, 0.2) is 72.9 Å². The van der Waals surface area contributed by atoms with Crippen LogP contribution in [-0.4, -0.2) is 76.4 Å². The summed E-state index contributed by atoms with van der Waals surface area (Å²) in [7, 11) is 0. The van der Waals surface area contributed by atoms with Crippen molar-refractivity contribution in [3.8, 4) is 11.1 Å². The van der Waals surface area contributed by atoms with Gasteiger partial charge in [0.25, 0.3) is 11.8 Å². The molecule has 4 heterocycles. The maximum absolute atomic E-state index is 13.6. The molecule has 2 saturated heterocycles. The lowest BCUT2D eigenvalue weighted by Crippen LogP contribution is -2.48. The van der Waals surface area contributed by atoms with E-state index in [1.54, 1.807) is 24.3 Å². The number of nitrogens with one attached hydrogen (secondary N) is 4. The van der Waals surface area contributed by atoms with Crippen LogP contribution in [-0.2, 0) is 37.3 Å². The molecule has 2 aliphatic heterocycles. The molecule has 2 amide bonds. The van der Waals surface area contributed by atoms with Gasteiger partial charge in [0.1, 0.15) is 0 Å². The Balaban J connectivity index is 1.02. The van der Waals surface area contributed by atoms with Gasteiger partial charge in [-0.1, -0.05) is 43.3 Å². The molecule has 3 aromatic carbocycles. The first-order valence-corrected chi connectivity index (χ1v) is 19.8. The van der Waals surface area contributed by atoms with Gasteiger partial charge in [-0.3, -0.25) is 14.5 Å². The number of piperazine rings is 1. The molecule has 0 spiro atoms. The molecule has 1 atom stereocenters. The second kappa shape index (κ2) is 17.6. The largest absolute Gasteiger partial charge is 0.381 e. The van der Waals surface area contributed by atoms with Crippen LogP contribution in [0.4, 0.5) is 5.69 Å². The zero-order chi connectivity index (χ0) is 38.3. The SMILES string of the molecule is CCc1nc2c(cnn2CC)c(NC2CCOCC2)c1CNC(=O)c1cccc(C(=O)NCc2ccc(C)c(-c3cccc(CN4CCN[C@@H](C)C4)c3)c2)c1. The Bertz CT molecular complexity index is 2140. The summed E-state index contributed by atoms with van der Waals surface area (Å²) in [5, 5.41) is 19.0. The number of ether oxygens (including phenoxy) is 1. The topological polar surface area (TPSA) is 125 Å². The normalized spacial score (nSPS) is 16.6. The fourth-order valence-corrected chi connectivity index (χ4v) is 7.80. The monoisotopic (exact) mass is 742 g/mol. The molecule has 2 aliphatic rings. The molecule has 2 fully saturated rings. The Hall–Kier alpha value is -5.10. The molecular formula is C44H54N8O3. The molecule has 288 valence electrons. The number of aryl methyl sites for hydroxylation is 3. The summed E-state index contributed by atoms with van der Waals surface area (Å²) < 4.78 is 7.52.